The van der Waals surface area contributed by atoms with Gasteiger partial charge in [-0.05, 0) is 26.7 Å². The summed E-state index contributed by atoms with van der Waals surface area (Å²) in [5.74, 6) is 1.06. The predicted octanol–water partition coefficient (Wildman–Crippen LogP) is 2.75. The standard InChI is InChI=1S/C15H24N2O2/c1-3-17-11-10-16-14(17)12-13(18)15(19-4-2)8-6-5-7-9-15/h10-11H,3-9,12H2,1-2H3. The van der Waals surface area contributed by atoms with E-state index >= 15 is 0 Å². The van der Waals surface area contributed by atoms with Crippen molar-refractivity contribution in [1.82, 2.24) is 9.55 Å². The molecule has 0 N–H and O–H groups in total. The monoisotopic (exact) mass is 264 g/mol. The second-order valence-electron chi connectivity index (χ2n) is 5.22. The highest BCUT2D eigenvalue weighted by Gasteiger charge is 2.40. The molecular weight excluding hydrogens is 240 g/mol. The molecule has 0 saturated heterocycles. The van der Waals surface area contributed by atoms with E-state index in [1.165, 1.54) is 6.42 Å². The number of aromatic nitrogens is 2. The third-order valence-electron chi connectivity index (χ3n) is 4.05. The van der Waals surface area contributed by atoms with Gasteiger partial charge in [0.15, 0.2) is 5.78 Å². The van der Waals surface area contributed by atoms with Gasteiger partial charge in [0.25, 0.3) is 0 Å². The fraction of sp³-hybridized carbons (Fsp3) is 0.733. The summed E-state index contributed by atoms with van der Waals surface area (Å²) >= 11 is 0. The molecule has 1 aromatic heterocycles. The third-order valence-corrected chi connectivity index (χ3v) is 4.05. The van der Waals surface area contributed by atoms with Gasteiger partial charge in [0.2, 0.25) is 0 Å². The van der Waals surface area contributed by atoms with Crippen LogP contribution in [0.5, 0.6) is 0 Å². The molecule has 106 valence electrons. The van der Waals surface area contributed by atoms with Crippen LogP contribution in [0.4, 0.5) is 0 Å². The first kappa shape index (κ1) is 14.3. The van der Waals surface area contributed by atoms with Gasteiger partial charge in [-0.25, -0.2) is 4.98 Å². The Morgan fingerprint density at radius 1 is 1.37 bits per heavy atom. The Kier molecular flexibility index (Phi) is 4.75. The zero-order chi connectivity index (χ0) is 13.7. The molecule has 0 radical (unpaired) electrons. The SMILES string of the molecule is CCOC1(C(=O)Cc2nccn2CC)CCCCC1. The molecule has 0 spiro atoms. The van der Waals surface area contributed by atoms with E-state index in [-0.39, 0.29) is 5.78 Å². The fourth-order valence-corrected chi connectivity index (χ4v) is 3.00. The van der Waals surface area contributed by atoms with E-state index in [9.17, 15) is 4.79 Å². The molecule has 1 aliphatic carbocycles. The highest BCUT2D eigenvalue weighted by atomic mass is 16.5. The van der Waals surface area contributed by atoms with Crippen LogP contribution < -0.4 is 0 Å². The van der Waals surface area contributed by atoms with E-state index in [0.29, 0.717) is 13.0 Å². The van der Waals surface area contributed by atoms with Gasteiger partial charge < -0.3 is 9.30 Å². The normalized spacial score (nSPS) is 18.4. The van der Waals surface area contributed by atoms with Crippen molar-refractivity contribution in [3.63, 3.8) is 0 Å². The maximum atomic E-state index is 12.7. The topological polar surface area (TPSA) is 44.1 Å². The molecule has 0 bridgehead atoms. The van der Waals surface area contributed by atoms with Gasteiger partial charge in [0, 0.05) is 25.5 Å². The van der Waals surface area contributed by atoms with Crippen molar-refractivity contribution in [2.75, 3.05) is 6.61 Å². The Labute approximate surface area is 115 Å². The number of hydrogen-bond acceptors (Lipinski definition) is 3. The summed E-state index contributed by atoms with van der Waals surface area (Å²) in [4.78, 5) is 17.0. The second-order valence-corrected chi connectivity index (χ2v) is 5.22. The molecule has 1 saturated carbocycles. The lowest BCUT2D eigenvalue weighted by molar-refractivity contribution is -0.148. The average molecular weight is 264 g/mol. The maximum absolute atomic E-state index is 12.7. The third kappa shape index (κ3) is 3.06. The van der Waals surface area contributed by atoms with E-state index in [4.69, 9.17) is 4.74 Å². The number of nitrogens with zero attached hydrogens (tertiary/aromatic N) is 2. The molecule has 19 heavy (non-hydrogen) atoms. The average Bonchev–Trinajstić information content (AvgIpc) is 2.87. The summed E-state index contributed by atoms with van der Waals surface area (Å²) in [5, 5.41) is 0. The lowest BCUT2D eigenvalue weighted by atomic mass is 9.80. The first-order chi connectivity index (χ1) is 9.22. The van der Waals surface area contributed by atoms with E-state index < -0.39 is 5.60 Å². The second kappa shape index (κ2) is 6.33. The number of carbonyl (C=O) groups is 1. The lowest BCUT2D eigenvalue weighted by Crippen LogP contribution is -2.44. The van der Waals surface area contributed by atoms with Crippen molar-refractivity contribution in [2.45, 2.75) is 64.5 Å². The Balaban J connectivity index is 2.11. The summed E-state index contributed by atoms with van der Waals surface area (Å²) in [6.07, 6.45) is 9.21. The Morgan fingerprint density at radius 2 is 2.11 bits per heavy atom. The van der Waals surface area contributed by atoms with Crippen molar-refractivity contribution in [1.29, 1.82) is 0 Å². The van der Waals surface area contributed by atoms with Crippen molar-refractivity contribution < 1.29 is 9.53 Å². The summed E-state index contributed by atoms with van der Waals surface area (Å²) in [6, 6.07) is 0. The molecule has 4 nitrogen and oxygen atoms in total. The number of ether oxygens (including phenoxy) is 1. The molecule has 1 heterocycles. The van der Waals surface area contributed by atoms with Crippen molar-refractivity contribution >= 4 is 5.78 Å². The van der Waals surface area contributed by atoms with Gasteiger partial charge in [-0.3, -0.25) is 4.79 Å². The van der Waals surface area contributed by atoms with Crippen molar-refractivity contribution in [3.05, 3.63) is 18.2 Å². The van der Waals surface area contributed by atoms with Crippen LogP contribution in [0.3, 0.4) is 0 Å². The number of carbonyl (C=O) groups excluding carboxylic acids is 1. The number of rotatable bonds is 6. The van der Waals surface area contributed by atoms with Crippen LogP contribution in [0.15, 0.2) is 12.4 Å². The van der Waals surface area contributed by atoms with E-state index in [2.05, 4.69) is 11.9 Å². The van der Waals surface area contributed by atoms with Crippen LogP contribution in [-0.2, 0) is 22.5 Å². The number of aryl methyl sites for hydroxylation is 1. The van der Waals surface area contributed by atoms with E-state index in [0.717, 1.165) is 38.1 Å². The van der Waals surface area contributed by atoms with Crippen LogP contribution in [0.2, 0.25) is 0 Å². The molecule has 4 heteroatoms. The molecule has 0 atom stereocenters. The first-order valence-corrected chi connectivity index (χ1v) is 7.39. The predicted molar refractivity (Wildman–Crippen MR) is 74.1 cm³/mol. The highest BCUT2D eigenvalue weighted by molar-refractivity contribution is 5.88. The van der Waals surface area contributed by atoms with Crippen LogP contribution in [0.1, 0.15) is 51.8 Å². The molecular formula is C15H24N2O2. The Morgan fingerprint density at radius 3 is 2.74 bits per heavy atom. The van der Waals surface area contributed by atoms with Crippen molar-refractivity contribution in [3.8, 4) is 0 Å². The quantitative estimate of drug-likeness (QED) is 0.793. The number of imidazole rings is 1. The number of Topliss-reactive ketones (excluding diaryl/α,β-unsaturated/α-hetero) is 1. The number of hydrogen-bond donors (Lipinski definition) is 0. The minimum absolute atomic E-state index is 0.204. The zero-order valence-corrected chi connectivity index (χ0v) is 12.0. The Hall–Kier alpha value is -1.16. The molecule has 1 aliphatic rings. The summed E-state index contributed by atoms with van der Waals surface area (Å²) in [6.45, 7) is 5.49. The highest BCUT2D eigenvalue weighted by Crippen LogP contribution is 2.33. The molecule has 0 unspecified atom stereocenters. The van der Waals surface area contributed by atoms with Crippen LogP contribution in [-0.4, -0.2) is 27.5 Å². The van der Waals surface area contributed by atoms with Gasteiger partial charge in [0.1, 0.15) is 11.4 Å². The summed E-state index contributed by atoms with van der Waals surface area (Å²) < 4.78 is 7.90. The molecule has 0 amide bonds. The molecule has 0 aliphatic heterocycles. The molecule has 2 rings (SSSR count). The van der Waals surface area contributed by atoms with E-state index in [1.54, 1.807) is 6.20 Å². The fourth-order valence-electron chi connectivity index (χ4n) is 3.00. The van der Waals surface area contributed by atoms with Gasteiger partial charge in [-0.1, -0.05) is 19.3 Å². The van der Waals surface area contributed by atoms with Crippen LogP contribution >= 0.6 is 0 Å². The maximum Gasteiger partial charge on any atom is 0.172 e. The van der Waals surface area contributed by atoms with Gasteiger partial charge in [0.05, 0.1) is 6.42 Å². The Bertz CT molecular complexity index is 414. The smallest absolute Gasteiger partial charge is 0.172 e. The van der Waals surface area contributed by atoms with Crippen molar-refractivity contribution in [2.24, 2.45) is 0 Å². The van der Waals surface area contributed by atoms with Gasteiger partial charge in [-0.15, -0.1) is 0 Å². The van der Waals surface area contributed by atoms with Gasteiger partial charge in [-0.2, -0.15) is 0 Å². The lowest BCUT2D eigenvalue weighted by Gasteiger charge is -2.35. The van der Waals surface area contributed by atoms with E-state index in [1.807, 2.05) is 17.7 Å². The van der Waals surface area contributed by atoms with Crippen LogP contribution in [0, 0.1) is 0 Å². The largest absolute Gasteiger partial charge is 0.367 e. The number of ketones is 1. The molecule has 1 aromatic rings. The minimum Gasteiger partial charge on any atom is -0.367 e. The summed E-state index contributed by atoms with van der Waals surface area (Å²) in [5.41, 5.74) is -0.544. The molecule has 0 aromatic carbocycles. The van der Waals surface area contributed by atoms with Crippen LogP contribution in [0.25, 0.3) is 0 Å². The molecule has 1 fully saturated rings. The minimum atomic E-state index is -0.544. The first-order valence-electron chi connectivity index (χ1n) is 7.39. The van der Waals surface area contributed by atoms with Gasteiger partial charge >= 0.3 is 0 Å². The zero-order valence-electron chi connectivity index (χ0n) is 12.0. The summed E-state index contributed by atoms with van der Waals surface area (Å²) in [7, 11) is 0.